The lowest BCUT2D eigenvalue weighted by molar-refractivity contribution is 0.248. The first-order valence-electron chi connectivity index (χ1n) is 5.08. The van der Waals surface area contributed by atoms with E-state index in [0.717, 1.165) is 12.0 Å². The molecule has 2 heteroatoms. The summed E-state index contributed by atoms with van der Waals surface area (Å²) in [5.74, 6) is 0.792. The highest BCUT2D eigenvalue weighted by Gasteiger charge is 2.19. The molecular formula is C10H22N2. The van der Waals surface area contributed by atoms with Crippen molar-refractivity contribution in [3.05, 3.63) is 0 Å². The number of rotatable bonds is 3. The number of piperidine rings is 1. The number of hydrogen-bond donors (Lipinski definition) is 1. The lowest BCUT2D eigenvalue weighted by Gasteiger charge is -2.30. The maximum Gasteiger partial charge on any atom is 0.0105 e. The van der Waals surface area contributed by atoms with Crippen LogP contribution in [-0.4, -0.2) is 38.1 Å². The first-order valence-corrected chi connectivity index (χ1v) is 5.08. The third-order valence-electron chi connectivity index (χ3n) is 2.69. The molecule has 1 saturated heterocycles. The summed E-state index contributed by atoms with van der Waals surface area (Å²) in [5.41, 5.74) is 0. The quantitative estimate of drug-likeness (QED) is 0.687. The summed E-state index contributed by atoms with van der Waals surface area (Å²) in [6.07, 6.45) is 4.15. The maximum atomic E-state index is 3.60. The summed E-state index contributed by atoms with van der Waals surface area (Å²) < 4.78 is 0. The average Bonchev–Trinajstić information content (AvgIpc) is 2.05. The Morgan fingerprint density at radius 1 is 1.42 bits per heavy atom. The molecule has 0 bridgehead atoms. The van der Waals surface area contributed by atoms with Crippen LogP contribution in [-0.2, 0) is 0 Å². The van der Waals surface area contributed by atoms with E-state index in [1.807, 2.05) is 0 Å². The average molecular weight is 170 g/mol. The van der Waals surface area contributed by atoms with Crippen LogP contribution < -0.4 is 5.32 Å². The van der Waals surface area contributed by atoms with Gasteiger partial charge in [-0.25, -0.2) is 0 Å². The summed E-state index contributed by atoms with van der Waals surface area (Å²) in [7, 11) is 4.30. The standard InChI is InChI=1S/C10H22N2/c1-9(8-12(2)3)10-6-4-5-7-11-10/h9-11H,4-8H2,1-3H3/t9-,10+/m1/s1. The first-order chi connectivity index (χ1) is 5.70. The molecule has 0 amide bonds. The molecule has 1 aliphatic rings. The van der Waals surface area contributed by atoms with Crippen molar-refractivity contribution >= 4 is 0 Å². The molecule has 0 aromatic heterocycles. The van der Waals surface area contributed by atoms with Crippen LogP contribution in [0.4, 0.5) is 0 Å². The Labute approximate surface area is 76.3 Å². The topological polar surface area (TPSA) is 15.3 Å². The van der Waals surface area contributed by atoms with Crippen LogP contribution in [0, 0.1) is 5.92 Å². The van der Waals surface area contributed by atoms with Gasteiger partial charge in [0.05, 0.1) is 0 Å². The van der Waals surface area contributed by atoms with Gasteiger partial charge in [-0.2, -0.15) is 0 Å². The number of hydrogen-bond acceptors (Lipinski definition) is 2. The Balaban J connectivity index is 2.24. The zero-order valence-corrected chi connectivity index (χ0v) is 8.64. The van der Waals surface area contributed by atoms with Crippen molar-refractivity contribution in [2.45, 2.75) is 32.2 Å². The summed E-state index contributed by atoms with van der Waals surface area (Å²) in [6, 6.07) is 0.765. The molecule has 1 heterocycles. The van der Waals surface area contributed by atoms with Crippen molar-refractivity contribution in [2.75, 3.05) is 27.2 Å². The zero-order valence-electron chi connectivity index (χ0n) is 8.64. The van der Waals surface area contributed by atoms with E-state index in [9.17, 15) is 0 Å². The van der Waals surface area contributed by atoms with Crippen LogP contribution in [0.25, 0.3) is 0 Å². The lowest BCUT2D eigenvalue weighted by Crippen LogP contribution is -2.42. The van der Waals surface area contributed by atoms with Crippen LogP contribution in [0.2, 0.25) is 0 Å². The highest BCUT2D eigenvalue weighted by molar-refractivity contribution is 4.78. The van der Waals surface area contributed by atoms with Gasteiger partial charge < -0.3 is 10.2 Å². The molecule has 1 N–H and O–H groups in total. The minimum atomic E-state index is 0.765. The third-order valence-corrected chi connectivity index (χ3v) is 2.69. The molecule has 0 unspecified atom stereocenters. The minimum absolute atomic E-state index is 0.765. The Morgan fingerprint density at radius 3 is 2.67 bits per heavy atom. The van der Waals surface area contributed by atoms with Crippen LogP contribution in [0.1, 0.15) is 26.2 Å². The van der Waals surface area contributed by atoms with Gasteiger partial charge in [0, 0.05) is 12.6 Å². The first kappa shape index (κ1) is 10.0. The van der Waals surface area contributed by atoms with Crippen LogP contribution in [0.3, 0.4) is 0 Å². The third kappa shape index (κ3) is 3.11. The molecule has 2 atom stereocenters. The Morgan fingerprint density at radius 2 is 2.17 bits per heavy atom. The van der Waals surface area contributed by atoms with E-state index in [-0.39, 0.29) is 0 Å². The van der Waals surface area contributed by atoms with Crippen molar-refractivity contribution in [2.24, 2.45) is 5.92 Å². The predicted octanol–water partition coefficient (Wildman–Crippen LogP) is 1.33. The maximum absolute atomic E-state index is 3.60. The normalized spacial score (nSPS) is 27.5. The van der Waals surface area contributed by atoms with Gasteiger partial charge >= 0.3 is 0 Å². The molecule has 0 aliphatic carbocycles. The van der Waals surface area contributed by atoms with E-state index in [4.69, 9.17) is 0 Å². The van der Waals surface area contributed by atoms with Crippen molar-refractivity contribution in [1.29, 1.82) is 0 Å². The van der Waals surface area contributed by atoms with Crippen molar-refractivity contribution in [3.8, 4) is 0 Å². The molecule has 1 aliphatic heterocycles. The Bertz CT molecular complexity index is 117. The SMILES string of the molecule is C[C@H](CN(C)C)[C@@H]1CCCCN1. The molecule has 0 saturated carbocycles. The van der Waals surface area contributed by atoms with Gasteiger partial charge in [-0.3, -0.25) is 0 Å². The van der Waals surface area contributed by atoms with E-state index < -0.39 is 0 Å². The predicted molar refractivity (Wildman–Crippen MR) is 53.4 cm³/mol. The smallest absolute Gasteiger partial charge is 0.0105 e. The molecular weight excluding hydrogens is 148 g/mol. The molecule has 0 aromatic carbocycles. The molecule has 0 radical (unpaired) electrons. The van der Waals surface area contributed by atoms with Gasteiger partial charge in [0.1, 0.15) is 0 Å². The Hall–Kier alpha value is -0.0800. The fraction of sp³-hybridized carbons (Fsp3) is 1.00. The second kappa shape index (κ2) is 4.83. The van der Waals surface area contributed by atoms with E-state index in [1.165, 1.54) is 32.4 Å². The monoisotopic (exact) mass is 170 g/mol. The van der Waals surface area contributed by atoms with Gasteiger partial charge in [-0.05, 0) is 39.4 Å². The largest absolute Gasteiger partial charge is 0.314 e. The van der Waals surface area contributed by atoms with Crippen molar-refractivity contribution in [1.82, 2.24) is 10.2 Å². The molecule has 2 nitrogen and oxygen atoms in total. The van der Waals surface area contributed by atoms with Crippen molar-refractivity contribution < 1.29 is 0 Å². The lowest BCUT2D eigenvalue weighted by atomic mass is 9.93. The molecule has 0 aromatic rings. The molecule has 1 rings (SSSR count). The van der Waals surface area contributed by atoms with Crippen LogP contribution in [0.5, 0.6) is 0 Å². The van der Waals surface area contributed by atoms with Crippen LogP contribution >= 0.6 is 0 Å². The summed E-state index contributed by atoms with van der Waals surface area (Å²) >= 11 is 0. The fourth-order valence-corrected chi connectivity index (χ4v) is 2.07. The number of nitrogens with one attached hydrogen (secondary N) is 1. The van der Waals surface area contributed by atoms with Gasteiger partial charge in [0.25, 0.3) is 0 Å². The van der Waals surface area contributed by atoms with E-state index in [1.54, 1.807) is 0 Å². The molecule has 1 fully saturated rings. The zero-order chi connectivity index (χ0) is 8.97. The highest BCUT2D eigenvalue weighted by atomic mass is 15.1. The van der Waals surface area contributed by atoms with E-state index in [2.05, 4.69) is 31.2 Å². The summed E-state index contributed by atoms with van der Waals surface area (Å²) in [6.45, 7) is 4.78. The van der Waals surface area contributed by atoms with E-state index >= 15 is 0 Å². The van der Waals surface area contributed by atoms with Gasteiger partial charge in [0.15, 0.2) is 0 Å². The Kier molecular flexibility index (Phi) is 4.02. The van der Waals surface area contributed by atoms with Crippen LogP contribution in [0.15, 0.2) is 0 Å². The molecule has 72 valence electrons. The summed E-state index contributed by atoms with van der Waals surface area (Å²) in [5, 5.41) is 3.60. The second-order valence-electron chi connectivity index (χ2n) is 4.30. The number of nitrogens with zero attached hydrogens (tertiary/aromatic N) is 1. The van der Waals surface area contributed by atoms with Gasteiger partial charge in [-0.15, -0.1) is 0 Å². The fourth-order valence-electron chi connectivity index (χ4n) is 2.07. The second-order valence-corrected chi connectivity index (χ2v) is 4.30. The van der Waals surface area contributed by atoms with E-state index in [0.29, 0.717) is 0 Å². The molecule has 12 heavy (non-hydrogen) atoms. The summed E-state index contributed by atoms with van der Waals surface area (Å²) in [4.78, 5) is 2.28. The minimum Gasteiger partial charge on any atom is -0.314 e. The van der Waals surface area contributed by atoms with Gasteiger partial charge in [-0.1, -0.05) is 13.3 Å². The molecule has 0 spiro atoms. The highest BCUT2D eigenvalue weighted by Crippen LogP contribution is 2.15. The van der Waals surface area contributed by atoms with Crippen molar-refractivity contribution in [3.63, 3.8) is 0 Å². The van der Waals surface area contributed by atoms with Gasteiger partial charge in [0.2, 0.25) is 0 Å².